The Morgan fingerprint density at radius 2 is 0.380 bits per heavy atom. The van der Waals surface area contributed by atoms with Crippen LogP contribution in [0.4, 0.5) is 51.2 Å². The molecule has 0 fully saturated rings. The second-order valence-corrected chi connectivity index (χ2v) is 35.9. The van der Waals surface area contributed by atoms with E-state index in [1.165, 1.54) is 160 Å². The fourth-order valence-corrected chi connectivity index (χ4v) is 20.5. The third kappa shape index (κ3) is 17.1. The first kappa shape index (κ1) is 86.0. The Kier molecular flexibility index (Phi) is 23.4. The summed E-state index contributed by atoms with van der Waals surface area (Å²) in [6, 6.07) is 209. The van der Waals surface area contributed by atoms with Crippen molar-refractivity contribution >= 4 is 127 Å². The van der Waals surface area contributed by atoms with E-state index in [-0.39, 0.29) is 0 Å². The summed E-state index contributed by atoms with van der Waals surface area (Å²) >= 11 is 0. The number of anilines is 9. The van der Waals surface area contributed by atoms with Gasteiger partial charge in [-0.2, -0.15) is 0 Å². The molecular weight excluding hydrogens is 1720 g/mol. The lowest BCUT2D eigenvalue weighted by Crippen LogP contribution is -2.10. The number of nitrogens with zero attached hydrogens (tertiary/aromatic N) is 6. The van der Waals surface area contributed by atoms with E-state index in [4.69, 9.17) is 0 Å². The molecule has 0 atom stereocenters. The second kappa shape index (κ2) is 38.7. The first-order valence-corrected chi connectivity index (χ1v) is 48.6. The lowest BCUT2D eigenvalue weighted by Gasteiger charge is -2.26. The number of para-hydroxylation sites is 8. The van der Waals surface area contributed by atoms with E-state index >= 15 is 0 Å². The van der Waals surface area contributed by atoms with Crippen LogP contribution in [0.5, 0.6) is 0 Å². The van der Waals surface area contributed by atoms with E-state index in [0.717, 1.165) is 62.6 Å². The van der Waals surface area contributed by atoms with Crippen molar-refractivity contribution in [1.82, 2.24) is 13.7 Å². The highest BCUT2D eigenvalue weighted by molar-refractivity contribution is 6.15. The van der Waals surface area contributed by atoms with Crippen molar-refractivity contribution in [3.05, 3.63) is 582 Å². The molecule has 0 N–H and O–H groups in total. The van der Waals surface area contributed by atoms with E-state index < -0.39 is 0 Å². The third-order valence-electron chi connectivity index (χ3n) is 27.4. The number of rotatable bonds is 19. The standard InChI is InChI=1S/C48H34N2.C46H32N2.C42H30N2/c1-4-12-35(13-5-1)37-20-27-42(28-21-37)49(43-29-22-38(23-30-43)36-14-6-2-7-15-36)44-31-24-39(25-32-44)40-26-33-48-46(34-40)45-18-10-11-19-47(45)50(48)41-16-8-3-9-17-41;1-4-12-33(13-5-1)38-24-28-43-44-29-27-42(32-46(44)48(45(43)31-38)40-18-8-3-9-19-40)47(39-16-6-2-7-17-39)41-25-22-35(23-26-41)37-21-20-34-14-10-11-15-36(34)30-37;1-4-13-31(14-5-1)32-23-27-36(28-24-32)43(34-15-6-2-7-16-34)37-29-25-33(26-30-37)38-20-12-21-40-39-19-10-11-22-41(39)44(42(38)40)35-17-8-3-9-18-35/h1-34H;1-32H;1-30H. The molecule has 0 aliphatic heterocycles. The van der Waals surface area contributed by atoms with Crippen LogP contribution in [0.1, 0.15) is 0 Å². The van der Waals surface area contributed by atoms with Crippen molar-refractivity contribution < 1.29 is 0 Å². The van der Waals surface area contributed by atoms with Crippen molar-refractivity contribution in [1.29, 1.82) is 0 Å². The molecule has 0 aliphatic rings. The zero-order chi connectivity index (χ0) is 94.4. The van der Waals surface area contributed by atoms with E-state index in [9.17, 15) is 0 Å². The van der Waals surface area contributed by atoms with Gasteiger partial charge in [-0.3, -0.25) is 0 Å². The first-order chi connectivity index (χ1) is 70.4. The first-order valence-electron chi connectivity index (χ1n) is 48.6. The maximum absolute atomic E-state index is 2.41. The number of benzene rings is 23. The van der Waals surface area contributed by atoms with E-state index in [0.29, 0.717) is 0 Å². The molecule has 3 aromatic heterocycles. The largest absolute Gasteiger partial charge is 0.311 e. The summed E-state index contributed by atoms with van der Waals surface area (Å²) in [5.41, 5.74) is 37.6. The van der Waals surface area contributed by atoms with E-state index in [1.807, 2.05) is 0 Å². The van der Waals surface area contributed by atoms with Crippen LogP contribution in [0, 0.1) is 0 Å². The average molecular weight is 1810 g/mol. The molecule has 142 heavy (non-hydrogen) atoms. The molecule has 0 aliphatic carbocycles. The van der Waals surface area contributed by atoms with Crippen LogP contribution in [-0.4, -0.2) is 13.7 Å². The lowest BCUT2D eigenvalue weighted by molar-refractivity contribution is 1.18. The molecule has 0 radical (unpaired) electrons. The normalized spacial score (nSPS) is 11.2. The number of hydrogen-bond donors (Lipinski definition) is 0. The number of fused-ring (bicyclic) bond motifs is 10. The molecule has 0 saturated carbocycles. The highest BCUT2D eigenvalue weighted by Crippen LogP contribution is 2.47. The topological polar surface area (TPSA) is 24.5 Å². The van der Waals surface area contributed by atoms with Crippen LogP contribution in [0.2, 0.25) is 0 Å². The maximum atomic E-state index is 2.41. The molecule has 0 unspecified atom stereocenters. The van der Waals surface area contributed by atoms with Crippen molar-refractivity contribution in [2.45, 2.75) is 0 Å². The van der Waals surface area contributed by atoms with Gasteiger partial charge in [0.25, 0.3) is 0 Å². The van der Waals surface area contributed by atoms with Gasteiger partial charge in [0, 0.05) is 106 Å². The van der Waals surface area contributed by atoms with Crippen molar-refractivity contribution in [2.75, 3.05) is 14.7 Å². The Labute approximate surface area is 827 Å². The van der Waals surface area contributed by atoms with Gasteiger partial charge in [-0.1, -0.05) is 400 Å². The summed E-state index contributed by atoms with van der Waals surface area (Å²) in [6.45, 7) is 0. The molecule has 0 saturated heterocycles. The fourth-order valence-electron chi connectivity index (χ4n) is 20.5. The molecule has 26 rings (SSSR count). The Bertz CT molecular complexity index is 8830. The lowest BCUT2D eigenvalue weighted by atomic mass is 10.0. The summed E-state index contributed by atoms with van der Waals surface area (Å²) in [6.07, 6.45) is 0. The summed E-state index contributed by atoms with van der Waals surface area (Å²) in [5.74, 6) is 0. The molecule has 6 nitrogen and oxygen atoms in total. The van der Waals surface area contributed by atoms with E-state index in [2.05, 4.69) is 611 Å². The van der Waals surface area contributed by atoms with E-state index in [1.54, 1.807) is 0 Å². The van der Waals surface area contributed by atoms with Gasteiger partial charge in [0.05, 0.1) is 33.1 Å². The van der Waals surface area contributed by atoms with Gasteiger partial charge in [0.1, 0.15) is 0 Å². The molecule has 0 bridgehead atoms. The van der Waals surface area contributed by atoms with Crippen LogP contribution < -0.4 is 14.7 Å². The Hall–Kier alpha value is -18.9. The second-order valence-electron chi connectivity index (χ2n) is 35.9. The SMILES string of the molecule is c1ccc(-c2ccc(N(c3ccc(-c4ccccc4)cc3)c3ccc(-c4ccc5c(c4)c4ccccc4n5-c4ccccc4)cc3)cc2)cc1.c1ccc(-c2ccc(N(c3ccccc3)c3ccc(-c4cccc5c6ccccc6n(-c6ccccc6)c45)cc3)cc2)cc1.c1ccc(-c2ccc3c4ccc(N(c5ccccc5)c5ccc(-c6ccc7ccccc7c6)cc5)cc4n(-c4ccccc4)c3c2)cc1. The maximum Gasteiger partial charge on any atom is 0.0619 e. The van der Waals surface area contributed by atoms with Gasteiger partial charge in [-0.05, 0) is 265 Å². The van der Waals surface area contributed by atoms with Crippen molar-refractivity contribution in [3.63, 3.8) is 0 Å². The fraction of sp³-hybridized carbons (Fsp3) is 0. The smallest absolute Gasteiger partial charge is 0.0619 e. The number of hydrogen-bond acceptors (Lipinski definition) is 3. The molecule has 3 heterocycles. The summed E-state index contributed by atoms with van der Waals surface area (Å²) in [4.78, 5) is 7.01. The van der Waals surface area contributed by atoms with Crippen molar-refractivity contribution in [3.8, 4) is 95.0 Å². The minimum Gasteiger partial charge on any atom is -0.311 e. The molecular formula is C136H96N6. The molecule has 6 heteroatoms. The van der Waals surface area contributed by atoms with Gasteiger partial charge >= 0.3 is 0 Å². The quantitative estimate of drug-likeness (QED) is 0.0806. The van der Waals surface area contributed by atoms with Gasteiger partial charge in [-0.25, -0.2) is 0 Å². The monoisotopic (exact) mass is 1810 g/mol. The average Bonchev–Trinajstić information content (AvgIpc) is 1.58. The van der Waals surface area contributed by atoms with Crippen molar-refractivity contribution in [2.24, 2.45) is 0 Å². The van der Waals surface area contributed by atoms with Gasteiger partial charge in [0.15, 0.2) is 0 Å². The van der Waals surface area contributed by atoms with Gasteiger partial charge in [0.2, 0.25) is 0 Å². The van der Waals surface area contributed by atoms with Gasteiger partial charge < -0.3 is 28.4 Å². The van der Waals surface area contributed by atoms with Crippen LogP contribution in [-0.2, 0) is 0 Å². The minimum absolute atomic E-state index is 1.11. The van der Waals surface area contributed by atoms with Crippen LogP contribution in [0.15, 0.2) is 582 Å². The van der Waals surface area contributed by atoms with Gasteiger partial charge in [-0.15, -0.1) is 0 Å². The molecule has 670 valence electrons. The predicted octanol–water partition coefficient (Wildman–Crippen LogP) is 37.6. The molecule has 0 amide bonds. The molecule has 0 spiro atoms. The zero-order valence-corrected chi connectivity index (χ0v) is 78.1. The van der Waals surface area contributed by atoms with Crippen LogP contribution in [0.3, 0.4) is 0 Å². The Balaban J connectivity index is 0.000000115. The Morgan fingerprint density at radius 1 is 0.120 bits per heavy atom. The number of aromatic nitrogens is 3. The van der Waals surface area contributed by atoms with Crippen LogP contribution >= 0.6 is 0 Å². The summed E-state index contributed by atoms with van der Waals surface area (Å²) in [7, 11) is 0. The summed E-state index contributed by atoms with van der Waals surface area (Å²) < 4.78 is 7.17. The molecule has 26 aromatic rings. The molecule has 23 aromatic carbocycles. The Morgan fingerprint density at radius 3 is 0.831 bits per heavy atom. The highest BCUT2D eigenvalue weighted by atomic mass is 15.2. The predicted molar refractivity (Wildman–Crippen MR) is 602 cm³/mol. The third-order valence-corrected chi connectivity index (χ3v) is 27.4. The zero-order valence-electron chi connectivity index (χ0n) is 78.1. The highest BCUT2D eigenvalue weighted by Gasteiger charge is 2.24. The minimum atomic E-state index is 1.11. The van der Waals surface area contributed by atoms with Crippen LogP contribution in [0.25, 0.3) is 171 Å². The summed E-state index contributed by atoms with van der Waals surface area (Å²) in [5, 5.41) is 10.0.